The van der Waals surface area contributed by atoms with Gasteiger partial charge in [0.1, 0.15) is 10.2 Å². The van der Waals surface area contributed by atoms with Gasteiger partial charge in [-0.05, 0) is 31.2 Å². The summed E-state index contributed by atoms with van der Waals surface area (Å²) in [5, 5.41) is 8.17. The summed E-state index contributed by atoms with van der Waals surface area (Å²) in [6, 6.07) is 7.70. The van der Waals surface area contributed by atoms with Crippen LogP contribution >= 0.6 is 23.2 Å². The molecule has 0 radical (unpaired) electrons. The predicted molar refractivity (Wildman–Crippen MR) is 110 cm³/mol. The van der Waals surface area contributed by atoms with Crippen molar-refractivity contribution in [2.45, 2.75) is 19.4 Å². The first-order valence-corrected chi connectivity index (χ1v) is 9.34. The largest absolute Gasteiger partial charge is 0.486 e. The van der Waals surface area contributed by atoms with Crippen LogP contribution in [0.4, 0.5) is 17.1 Å². The van der Waals surface area contributed by atoms with Gasteiger partial charge < -0.3 is 19.9 Å². The maximum Gasteiger partial charge on any atom is 0.295 e. The summed E-state index contributed by atoms with van der Waals surface area (Å²) in [5.41, 5.74) is 2.86. The molecule has 1 aromatic carbocycles. The van der Waals surface area contributed by atoms with Gasteiger partial charge in [0.15, 0.2) is 0 Å². The number of benzene rings is 1. The van der Waals surface area contributed by atoms with Gasteiger partial charge in [0.05, 0.1) is 23.5 Å². The van der Waals surface area contributed by atoms with Crippen LogP contribution in [-0.2, 0) is 7.05 Å². The molecule has 27 heavy (non-hydrogen) atoms. The fourth-order valence-electron chi connectivity index (χ4n) is 3.20. The molecule has 0 aliphatic carbocycles. The maximum atomic E-state index is 12.7. The van der Waals surface area contributed by atoms with Crippen LogP contribution in [0.25, 0.3) is 10.9 Å². The molecule has 0 saturated carbocycles. The van der Waals surface area contributed by atoms with Gasteiger partial charge in [0.25, 0.3) is 5.56 Å². The molecule has 2 N–H and O–H groups in total. The molecule has 140 valence electrons. The van der Waals surface area contributed by atoms with Crippen LogP contribution in [-0.4, -0.2) is 22.2 Å². The van der Waals surface area contributed by atoms with E-state index in [0.29, 0.717) is 23.1 Å². The van der Waals surface area contributed by atoms with E-state index in [1.807, 2.05) is 18.2 Å². The average molecular weight is 405 g/mol. The molecule has 0 amide bonds. The number of nitrogens with one attached hydrogen (secondary N) is 2. The van der Waals surface area contributed by atoms with Gasteiger partial charge in [0, 0.05) is 36.8 Å². The van der Waals surface area contributed by atoms with Gasteiger partial charge >= 0.3 is 0 Å². The predicted octanol–water partition coefficient (Wildman–Crippen LogP) is 4.57. The maximum absolute atomic E-state index is 12.7. The van der Waals surface area contributed by atoms with Gasteiger partial charge in [-0.25, -0.2) is 4.98 Å². The van der Waals surface area contributed by atoms with E-state index >= 15 is 0 Å². The van der Waals surface area contributed by atoms with Crippen molar-refractivity contribution < 1.29 is 4.74 Å². The molecule has 8 heteroatoms. The minimum absolute atomic E-state index is 0.149. The number of aromatic nitrogens is 2. The lowest BCUT2D eigenvalue weighted by Crippen LogP contribution is -2.21. The minimum atomic E-state index is -0.149. The second kappa shape index (κ2) is 6.94. The zero-order chi connectivity index (χ0) is 19.1. The molecule has 0 spiro atoms. The Labute approximate surface area is 166 Å². The van der Waals surface area contributed by atoms with E-state index in [1.54, 1.807) is 23.9 Å². The second-order valence-corrected chi connectivity index (χ2v) is 7.31. The summed E-state index contributed by atoms with van der Waals surface area (Å²) >= 11 is 12.2. The number of halogens is 2. The number of nitrogens with zero attached hydrogens (tertiary/aromatic N) is 2. The molecule has 3 heterocycles. The molecule has 0 saturated heterocycles. The fourth-order valence-corrected chi connectivity index (χ4v) is 3.52. The first kappa shape index (κ1) is 17.9. The van der Waals surface area contributed by atoms with Gasteiger partial charge in [-0.15, -0.1) is 0 Å². The third-order valence-electron chi connectivity index (χ3n) is 4.67. The molecule has 6 nitrogen and oxygen atoms in total. The Bertz CT molecular complexity index is 1100. The Kier molecular flexibility index (Phi) is 4.61. The highest BCUT2D eigenvalue weighted by atomic mass is 35.5. The molecule has 0 bridgehead atoms. The zero-order valence-electron chi connectivity index (χ0n) is 14.8. The zero-order valence-corrected chi connectivity index (χ0v) is 16.4. The molecule has 4 rings (SSSR count). The van der Waals surface area contributed by atoms with Crippen LogP contribution in [0.3, 0.4) is 0 Å². The summed E-state index contributed by atoms with van der Waals surface area (Å²) in [5.74, 6) is 0.358. The Morgan fingerprint density at radius 1 is 1.33 bits per heavy atom. The third-order valence-corrected chi connectivity index (χ3v) is 5.43. The Morgan fingerprint density at radius 3 is 2.96 bits per heavy atom. The number of aryl methyl sites for hydroxylation is 1. The Morgan fingerprint density at radius 2 is 2.15 bits per heavy atom. The van der Waals surface area contributed by atoms with Crippen LogP contribution in [0, 0.1) is 0 Å². The van der Waals surface area contributed by atoms with Crippen LogP contribution in [0.1, 0.15) is 13.3 Å². The molecule has 0 fully saturated rings. The van der Waals surface area contributed by atoms with Crippen molar-refractivity contribution in [2.75, 3.05) is 17.2 Å². The van der Waals surface area contributed by atoms with E-state index in [0.717, 1.165) is 28.7 Å². The van der Waals surface area contributed by atoms with Gasteiger partial charge in [-0.2, -0.15) is 0 Å². The fraction of sp³-hybridized carbons (Fsp3) is 0.263. The molecular formula is C19H18Cl2N4O2. The van der Waals surface area contributed by atoms with E-state index < -0.39 is 0 Å². The monoisotopic (exact) mass is 404 g/mol. The number of anilines is 3. The van der Waals surface area contributed by atoms with Gasteiger partial charge in [0.2, 0.25) is 5.75 Å². The SMILES string of the molecule is CC1CCOc2c(c3cc(Nc4ccnc(Cl)c4Cl)ccc3n(C)c2=O)N1. The lowest BCUT2D eigenvalue weighted by atomic mass is 10.1. The number of hydrogen-bond donors (Lipinski definition) is 2. The van der Waals surface area contributed by atoms with Crippen LogP contribution < -0.4 is 20.9 Å². The van der Waals surface area contributed by atoms with Crippen LogP contribution in [0.5, 0.6) is 5.75 Å². The summed E-state index contributed by atoms with van der Waals surface area (Å²) in [6.07, 6.45) is 2.41. The normalized spacial score (nSPS) is 16.2. The van der Waals surface area contributed by atoms with Crippen LogP contribution in [0.2, 0.25) is 10.2 Å². The molecule has 1 atom stereocenters. The topological polar surface area (TPSA) is 68.2 Å². The van der Waals surface area contributed by atoms with Gasteiger partial charge in [-0.3, -0.25) is 4.79 Å². The molecule has 2 aromatic heterocycles. The van der Waals surface area contributed by atoms with E-state index in [1.165, 1.54) is 0 Å². The smallest absolute Gasteiger partial charge is 0.295 e. The molecule has 3 aromatic rings. The van der Waals surface area contributed by atoms with Crippen molar-refractivity contribution in [1.82, 2.24) is 9.55 Å². The van der Waals surface area contributed by atoms with Crippen molar-refractivity contribution in [2.24, 2.45) is 7.05 Å². The van der Waals surface area contributed by atoms with Crippen molar-refractivity contribution in [3.8, 4) is 5.75 Å². The number of hydrogen-bond acceptors (Lipinski definition) is 5. The van der Waals surface area contributed by atoms with E-state index in [-0.39, 0.29) is 16.8 Å². The van der Waals surface area contributed by atoms with Crippen molar-refractivity contribution >= 4 is 51.2 Å². The Hall–Kier alpha value is -2.44. The van der Waals surface area contributed by atoms with Crippen molar-refractivity contribution in [3.05, 3.63) is 51.0 Å². The molecular weight excluding hydrogens is 387 g/mol. The number of rotatable bonds is 2. The summed E-state index contributed by atoms with van der Waals surface area (Å²) < 4.78 is 7.37. The minimum Gasteiger partial charge on any atom is -0.486 e. The number of fused-ring (bicyclic) bond motifs is 3. The lowest BCUT2D eigenvalue weighted by Gasteiger charge is -2.17. The standard InChI is InChI=1S/C19H18Cl2N4O2/c1-10-6-8-27-17-16(23-10)12-9-11(3-4-14(12)25(2)19(17)26)24-13-5-7-22-18(21)15(13)20/h3-5,7,9-10,23H,6,8H2,1-2H3,(H,22,24). The van der Waals surface area contributed by atoms with Crippen LogP contribution in [0.15, 0.2) is 35.3 Å². The van der Waals surface area contributed by atoms with E-state index in [2.05, 4.69) is 22.5 Å². The number of ether oxygens (including phenoxy) is 1. The average Bonchev–Trinajstić information content (AvgIpc) is 2.85. The summed E-state index contributed by atoms with van der Waals surface area (Å²) in [7, 11) is 1.75. The highest BCUT2D eigenvalue weighted by Crippen LogP contribution is 2.36. The van der Waals surface area contributed by atoms with Crippen molar-refractivity contribution in [3.63, 3.8) is 0 Å². The second-order valence-electron chi connectivity index (χ2n) is 6.57. The van der Waals surface area contributed by atoms with Crippen molar-refractivity contribution in [1.29, 1.82) is 0 Å². The highest BCUT2D eigenvalue weighted by molar-refractivity contribution is 6.43. The first-order chi connectivity index (χ1) is 13.0. The summed E-state index contributed by atoms with van der Waals surface area (Å²) in [4.78, 5) is 16.6. The lowest BCUT2D eigenvalue weighted by molar-refractivity contribution is 0.309. The van der Waals surface area contributed by atoms with E-state index in [9.17, 15) is 4.79 Å². The van der Waals surface area contributed by atoms with E-state index in [4.69, 9.17) is 27.9 Å². The quantitative estimate of drug-likeness (QED) is 0.612. The number of pyridine rings is 2. The molecule has 1 aliphatic heterocycles. The highest BCUT2D eigenvalue weighted by Gasteiger charge is 2.21. The first-order valence-electron chi connectivity index (χ1n) is 8.59. The molecule has 1 aliphatic rings. The van der Waals surface area contributed by atoms with Gasteiger partial charge in [-0.1, -0.05) is 23.2 Å². The summed E-state index contributed by atoms with van der Waals surface area (Å²) in [6.45, 7) is 2.58. The molecule has 1 unspecified atom stereocenters. The third kappa shape index (κ3) is 3.19. The Balaban J connectivity index is 1.87.